The Morgan fingerprint density at radius 1 is 1.05 bits per heavy atom. The highest BCUT2D eigenvalue weighted by Crippen LogP contribution is 2.74. The molecule has 0 aliphatic heterocycles. The molecule has 4 aliphatic carbocycles. The topological polar surface area (TPSA) is 0 Å². The standard InChI is InChI=1S/C20H32/c1-13-11-16-14(2)9-10-18-19(17(16)12-13)20(18,3)15-7-5-4-6-8-15/h13,15-19H,2,4-12H2,1,3H3. The molecule has 0 aromatic rings. The van der Waals surface area contributed by atoms with Crippen LogP contribution in [0.2, 0.25) is 0 Å². The van der Waals surface area contributed by atoms with Crippen LogP contribution in [0.1, 0.15) is 71.6 Å². The van der Waals surface area contributed by atoms with Gasteiger partial charge in [0.15, 0.2) is 0 Å². The van der Waals surface area contributed by atoms with Crippen molar-refractivity contribution in [2.75, 3.05) is 0 Å². The first-order chi connectivity index (χ1) is 9.62. The van der Waals surface area contributed by atoms with Gasteiger partial charge in [-0.05, 0) is 79.4 Å². The number of allylic oxidation sites excluding steroid dienone is 1. The summed E-state index contributed by atoms with van der Waals surface area (Å²) >= 11 is 0. The van der Waals surface area contributed by atoms with Crippen LogP contribution in [0, 0.1) is 40.9 Å². The fourth-order valence-electron chi connectivity index (χ4n) is 6.94. The SMILES string of the molecule is C=C1CCC2C(C3CC(C)CC13)C2(C)C1CCCCC1. The summed E-state index contributed by atoms with van der Waals surface area (Å²) in [6.45, 7) is 9.64. The smallest absolute Gasteiger partial charge is 0.0172 e. The lowest BCUT2D eigenvalue weighted by Gasteiger charge is -2.32. The van der Waals surface area contributed by atoms with Crippen molar-refractivity contribution in [1.29, 1.82) is 0 Å². The van der Waals surface area contributed by atoms with Crippen molar-refractivity contribution < 1.29 is 0 Å². The quantitative estimate of drug-likeness (QED) is 0.527. The van der Waals surface area contributed by atoms with E-state index in [0.29, 0.717) is 0 Å². The Kier molecular flexibility index (Phi) is 3.09. The van der Waals surface area contributed by atoms with Crippen LogP contribution >= 0.6 is 0 Å². The van der Waals surface area contributed by atoms with Crippen molar-refractivity contribution >= 4 is 0 Å². The van der Waals surface area contributed by atoms with Crippen molar-refractivity contribution in [3.63, 3.8) is 0 Å². The lowest BCUT2D eigenvalue weighted by molar-refractivity contribution is 0.188. The van der Waals surface area contributed by atoms with Crippen molar-refractivity contribution in [2.45, 2.75) is 71.6 Å². The van der Waals surface area contributed by atoms with E-state index in [1.807, 2.05) is 0 Å². The molecule has 0 heterocycles. The van der Waals surface area contributed by atoms with Crippen molar-refractivity contribution in [1.82, 2.24) is 0 Å². The molecule has 0 amide bonds. The van der Waals surface area contributed by atoms with Crippen molar-refractivity contribution in [3.05, 3.63) is 12.2 Å². The maximum Gasteiger partial charge on any atom is -0.0172 e. The third-order valence-electron chi connectivity index (χ3n) is 7.94. The van der Waals surface area contributed by atoms with Gasteiger partial charge in [-0.3, -0.25) is 0 Å². The van der Waals surface area contributed by atoms with Gasteiger partial charge in [0.2, 0.25) is 0 Å². The molecular weight excluding hydrogens is 240 g/mol. The Balaban J connectivity index is 1.59. The van der Waals surface area contributed by atoms with Gasteiger partial charge in [-0.1, -0.05) is 45.3 Å². The average molecular weight is 272 g/mol. The number of hydrogen-bond donors (Lipinski definition) is 0. The highest BCUT2D eigenvalue weighted by molar-refractivity contribution is 5.22. The molecular formula is C20H32. The zero-order valence-corrected chi connectivity index (χ0v) is 13.5. The molecule has 112 valence electrons. The summed E-state index contributed by atoms with van der Waals surface area (Å²) in [5.74, 6) is 6.05. The molecule has 6 atom stereocenters. The van der Waals surface area contributed by atoms with Gasteiger partial charge in [-0.2, -0.15) is 0 Å². The van der Waals surface area contributed by atoms with Crippen LogP contribution in [0.5, 0.6) is 0 Å². The maximum absolute atomic E-state index is 4.47. The highest BCUT2D eigenvalue weighted by atomic mass is 14.7. The number of fused-ring (bicyclic) bond motifs is 3. The summed E-state index contributed by atoms with van der Waals surface area (Å²) in [6, 6.07) is 0. The molecule has 4 rings (SSSR count). The van der Waals surface area contributed by atoms with Gasteiger partial charge in [-0.25, -0.2) is 0 Å². The molecule has 0 bridgehead atoms. The van der Waals surface area contributed by atoms with Gasteiger partial charge in [-0.15, -0.1) is 0 Å². The molecule has 20 heavy (non-hydrogen) atoms. The van der Waals surface area contributed by atoms with Gasteiger partial charge in [0, 0.05) is 0 Å². The first-order valence-corrected chi connectivity index (χ1v) is 9.30. The van der Waals surface area contributed by atoms with Gasteiger partial charge in [0.05, 0.1) is 0 Å². The molecule has 4 aliphatic rings. The molecule has 0 saturated heterocycles. The summed E-state index contributed by atoms with van der Waals surface area (Å²) in [5, 5.41) is 0. The van der Waals surface area contributed by atoms with Gasteiger partial charge in [0.1, 0.15) is 0 Å². The van der Waals surface area contributed by atoms with E-state index in [9.17, 15) is 0 Å². The van der Waals surface area contributed by atoms with E-state index in [1.54, 1.807) is 5.57 Å². The van der Waals surface area contributed by atoms with E-state index in [-0.39, 0.29) is 0 Å². The summed E-state index contributed by atoms with van der Waals surface area (Å²) < 4.78 is 0. The second kappa shape index (κ2) is 4.62. The fourth-order valence-corrected chi connectivity index (χ4v) is 6.94. The largest absolute Gasteiger partial charge is 0.0996 e. The zero-order chi connectivity index (χ0) is 13.9. The summed E-state index contributed by atoms with van der Waals surface area (Å²) in [7, 11) is 0. The van der Waals surface area contributed by atoms with Crippen LogP contribution in [0.15, 0.2) is 12.2 Å². The first kappa shape index (κ1) is 13.4. The number of hydrogen-bond acceptors (Lipinski definition) is 0. The Morgan fingerprint density at radius 2 is 1.80 bits per heavy atom. The van der Waals surface area contributed by atoms with Crippen LogP contribution in [0.4, 0.5) is 0 Å². The minimum Gasteiger partial charge on any atom is -0.0996 e. The minimum atomic E-state index is 0.730. The Labute approximate surface area is 125 Å². The second-order valence-electron chi connectivity index (χ2n) is 8.88. The Morgan fingerprint density at radius 3 is 2.55 bits per heavy atom. The normalized spacial score (nSPS) is 52.3. The average Bonchev–Trinajstić information content (AvgIpc) is 2.92. The van der Waals surface area contributed by atoms with E-state index in [1.165, 1.54) is 57.8 Å². The molecule has 4 saturated carbocycles. The predicted molar refractivity (Wildman–Crippen MR) is 85.4 cm³/mol. The van der Waals surface area contributed by atoms with Crippen molar-refractivity contribution in [3.8, 4) is 0 Å². The predicted octanol–water partition coefficient (Wildman–Crippen LogP) is 5.83. The lowest BCUT2D eigenvalue weighted by atomic mass is 9.73. The van der Waals surface area contributed by atoms with E-state index >= 15 is 0 Å². The first-order valence-electron chi connectivity index (χ1n) is 9.30. The van der Waals surface area contributed by atoms with Gasteiger partial charge >= 0.3 is 0 Å². The second-order valence-corrected chi connectivity index (χ2v) is 8.88. The zero-order valence-electron chi connectivity index (χ0n) is 13.5. The Hall–Kier alpha value is -0.260. The summed E-state index contributed by atoms with van der Waals surface area (Å²) in [5.41, 5.74) is 2.35. The summed E-state index contributed by atoms with van der Waals surface area (Å²) in [6.07, 6.45) is 13.4. The van der Waals surface area contributed by atoms with Crippen LogP contribution in [-0.4, -0.2) is 0 Å². The number of rotatable bonds is 1. The lowest BCUT2D eigenvalue weighted by Crippen LogP contribution is -2.23. The molecule has 0 aromatic carbocycles. The molecule has 0 radical (unpaired) electrons. The molecule has 0 nitrogen and oxygen atoms in total. The van der Waals surface area contributed by atoms with Crippen molar-refractivity contribution in [2.24, 2.45) is 40.9 Å². The van der Waals surface area contributed by atoms with E-state index < -0.39 is 0 Å². The van der Waals surface area contributed by atoms with Crippen LogP contribution < -0.4 is 0 Å². The van der Waals surface area contributed by atoms with Gasteiger partial charge < -0.3 is 0 Å². The molecule has 0 aromatic heterocycles. The molecule has 4 fully saturated rings. The van der Waals surface area contributed by atoms with Crippen LogP contribution in [0.25, 0.3) is 0 Å². The fraction of sp³-hybridized carbons (Fsp3) is 0.900. The molecule has 0 heteroatoms. The van der Waals surface area contributed by atoms with E-state index in [0.717, 1.165) is 40.9 Å². The molecule has 0 N–H and O–H groups in total. The third-order valence-corrected chi connectivity index (χ3v) is 7.94. The minimum absolute atomic E-state index is 0.730. The summed E-state index contributed by atoms with van der Waals surface area (Å²) in [4.78, 5) is 0. The molecule has 0 spiro atoms. The highest BCUT2D eigenvalue weighted by Gasteiger charge is 2.68. The monoisotopic (exact) mass is 272 g/mol. The van der Waals surface area contributed by atoms with Gasteiger partial charge in [0.25, 0.3) is 0 Å². The third kappa shape index (κ3) is 1.79. The van der Waals surface area contributed by atoms with Crippen LogP contribution in [0.3, 0.4) is 0 Å². The maximum atomic E-state index is 4.47. The van der Waals surface area contributed by atoms with Crippen LogP contribution in [-0.2, 0) is 0 Å². The Bertz CT molecular complexity index is 402. The molecule has 6 unspecified atom stereocenters. The van der Waals surface area contributed by atoms with E-state index in [2.05, 4.69) is 20.4 Å². The van der Waals surface area contributed by atoms with E-state index in [4.69, 9.17) is 0 Å².